The number of esters is 1. The SMILES string of the molecule is CCCC(CCC(C)(C(=O)Oc1ccccc1)c1ncccn1)OCCCCCCCC1CCCC1. The summed E-state index contributed by atoms with van der Waals surface area (Å²) in [4.78, 5) is 22.2. The van der Waals surface area contributed by atoms with Gasteiger partial charge in [0.1, 0.15) is 17.0 Å². The first-order valence-electron chi connectivity index (χ1n) is 14.3. The van der Waals surface area contributed by atoms with E-state index in [1.807, 2.05) is 25.1 Å². The van der Waals surface area contributed by atoms with E-state index >= 15 is 0 Å². The Bertz CT molecular complexity index is 855. The Kier molecular flexibility index (Phi) is 12.4. The quantitative estimate of drug-likeness (QED) is 0.127. The topological polar surface area (TPSA) is 61.3 Å². The van der Waals surface area contributed by atoms with E-state index in [4.69, 9.17) is 9.47 Å². The number of rotatable bonds is 17. The van der Waals surface area contributed by atoms with Crippen LogP contribution in [0.5, 0.6) is 5.75 Å². The van der Waals surface area contributed by atoms with E-state index < -0.39 is 5.41 Å². The molecule has 198 valence electrons. The number of ether oxygens (including phenoxy) is 2. The van der Waals surface area contributed by atoms with Crippen molar-refractivity contribution >= 4 is 5.97 Å². The number of hydrogen-bond donors (Lipinski definition) is 0. The Labute approximate surface area is 218 Å². The van der Waals surface area contributed by atoms with Gasteiger partial charge in [-0.05, 0) is 56.7 Å². The zero-order chi connectivity index (χ0) is 25.5. The number of benzene rings is 1. The van der Waals surface area contributed by atoms with Crippen molar-refractivity contribution in [2.75, 3.05) is 6.61 Å². The summed E-state index contributed by atoms with van der Waals surface area (Å²) in [6, 6.07) is 11.0. The van der Waals surface area contributed by atoms with Gasteiger partial charge in [-0.25, -0.2) is 9.97 Å². The van der Waals surface area contributed by atoms with Crippen molar-refractivity contribution in [2.45, 2.75) is 115 Å². The van der Waals surface area contributed by atoms with Crippen LogP contribution in [0.1, 0.15) is 110 Å². The van der Waals surface area contributed by atoms with Gasteiger partial charge in [0, 0.05) is 19.0 Å². The molecule has 0 amide bonds. The van der Waals surface area contributed by atoms with Gasteiger partial charge >= 0.3 is 5.97 Å². The molecule has 1 aromatic heterocycles. The normalized spacial score (nSPS) is 16.5. The van der Waals surface area contributed by atoms with Gasteiger partial charge in [-0.3, -0.25) is 4.79 Å². The summed E-state index contributed by atoms with van der Waals surface area (Å²) in [6.07, 6.45) is 20.6. The van der Waals surface area contributed by atoms with Gasteiger partial charge in [0.15, 0.2) is 0 Å². The highest BCUT2D eigenvalue weighted by molar-refractivity contribution is 5.83. The molecule has 0 saturated heterocycles. The molecule has 1 heterocycles. The van der Waals surface area contributed by atoms with Crippen LogP contribution in [0.2, 0.25) is 0 Å². The summed E-state index contributed by atoms with van der Waals surface area (Å²) in [7, 11) is 0. The van der Waals surface area contributed by atoms with E-state index in [0.717, 1.165) is 38.2 Å². The molecule has 1 aromatic carbocycles. The van der Waals surface area contributed by atoms with Crippen LogP contribution in [0.3, 0.4) is 0 Å². The first kappa shape index (κ1) is 28.3. The highest BCUT2D eigenvalue weighted by Crippen LogP contribution is 2.31. The minimum atomic E-state index is -0.939. The van der Waals surface area contributed by atoms with E-state index in [9.17, 15) is 4.79 Å². The maximum atomic E-state index is 13.3. The zero-order valence-corrected chi connectivity index (χ0v) is 22.5. The number of nitrogens with zero attached hydrogens (tertiary/aromatic N) is 2. The lowest BCUT2D eigenvalue weighted by Gasteiger charge is -2.28. The molecular formula is C31H46N2O3. The van der Waals surface area contributed by atoms with E-state index in [1.54, 1.807) is 30.6 Å². The maximum Gasteiger partial charge on any atom is 0.324 e. The second-order valence-electron chi connectivity index (χ2n) is 10.6. The standard InChI is InChI=1S/C31H46N2O3/c1-3-15-27(35-25-13-6-4-5-8-16-26-17-11-12-18-26)21-22-31(2,29-32-23-14-24-33-29)30(34)36-28-19-9-7-10-20-28/h7,9-10,14,19-20,23-24,26-27H,3-6,8,11-13,15-18,21-22,25H2,1-2H3. The van der Waals surface area contributed by atoms with Crippen LogP contribution in [0.25, 0.3) is 0 Å². The largest absolute Gasteiger partial charge is 0.426 e. The average molecular weight is 495 g/mol. The molecule has 2 unspecified atom stereocenters. The molecule has 0 aliphatic heterocycles. The lowest BCUT2D eigenvalue weighted by atomic mass is 9.83. The van der Waals surface area contributed by atoms with Crippen LogP contribution in [-0.4, -0.2) is 28.6 Å². The van der Waals surface area contributed by atoms with Gasteiger partial charge in [0.05, 0.1) is 6.10 Å². The van der Waals surface area contributed by atoms with Crippen LogP contribution in [0.15, 0.2) is 48.8 Å². The van der Waals surface area contributed by atoms with Gasteiger partial charge < -0.3 is 9.47 Å². The molecule has 5 heteroatoms. The molecule has 3 rings (SSSR count). The molecule has 1 aliphatic rings. The molecule has 1 aliphatic carbocycles. The maximum absolute atomic E-state index is 13.3. The summed E-state index contributed by atoms with van der Waals surface area (Å²) >= 11 is 0. The van der Waals surface area contributed by atoms with Crippen LogP contribution in [0.4, 0.5) is 0 Å². The summed E-state index contributed by atoms with van der Waals surface area (Å²) < 4.78 is 12.1. The molecule has 0 bridgehead atoms. The minimum Gasteiger partial charge on any atom is -0.426 e. The second-order valence-corrected chi connectivity index (χ2v) is 10.6. The van der Waals surface area contributed by atoms with E-state index in [0.29, 0.717) is 18.0 Å². The molecule has 0 N–H and O–H groups in total. The first-order valence-corrected chi connectivity index (χ1v) is 14.3. The van der Waals surface area contributed by atoms with Crippen molar-refractivity contribution in [2.24, 2.45) is 5.92 Å². The van der Waals surface area contributed by atoms with Crippen molar-refractivity contribution < 1.29 is 14.3 Å². The Morgan fingerprint density at radius 2 is 1.67 bits per heavy atom. The molecule has 36 heavy (non-hydrogen) atoms. The van der Waals surface area contributed by atoms with Gasteiger partial charge in [-0.2, -0.15) is 0 Å². The Morgan fingerprint density at radius 1 is 0.972 bits per heavy atom. The van der Waals surface area contributed by atoms with Crippen molar-refractivity contribution in [1.82, 2.24) is 9.97 Å². The first-order chi connectivity index (χ1) is 17.6. The monoisotopic (exact) mass is 494 g/mol. The molecule has 5 nitrogen and oxygen atoms in total. The lowest BCUT2D eigenvalue weighted by Crippen LogP contribution is -2.39. The van der Waals surface area contributed by atoms with Crippen LogP contribution in [-0.2, 0) is 14.9 Å². The van der Waals surface area contributed by atoms with Crippen molar-refractivity contribution in [3.05, 3.63) is 54.6 Å². The molecule has 0 radical (unpaired) electrons. The summed E-state index contributed by atoms with van der Waals surface area (Å²) in [5.74, 6) is 1.72. The van der Waals surface area contributed by atoms with E-state index in [2.05, 4.69) is 16.9 Å². The fourth-order valence-corrected chi connectivity index (χ4v) is 5.29. The number of carbonyl (C=O) groups excluding carboxylic acids is 1. The fraction of sp³-hybridized carbons (Fsp3) is 0.645. The number of para-hydroxylation sites is 1. The average Bonchev–Trinajstić information content (AvgIpc) is 3.43. The number of aromatic nitrogens is 2. The number of unbranched alkanes of at least 4 members (excludes halogenated alkanes) is 4. The molecule has 2 atom stereocenters. The van der Waals surface area contributed by atoms with Gasteiger partial charge in [-0.1, -0.05) is 89.3 Å². The smallest absolute Gasteiger partial charge is 0.324 e. The molecule has 0 spiro atoms. The minimum absolute atomic E-state index is 0.130. The van der Waals surface area contributed by atoms with Gasteiger partial charge in [0.2, 0.25) is 0 Å². The van der Waals surface area contributed by atoms with Crippen molar-refractivity contribution in [3.8, 4) is 5.75 Å². The molecule has 1 saturated carbocycles. The van der Waals surface area contributed by atoms with Crippen molar-refractivity contribution in [3.63, 3.8) is 0 Å². The Balaban J connectivity index is 1.45. The van der Waals surface area contributed by atoms with E-state index in [-0.39, 0.29) is 12.1 Å². The lowest BCUT2D eigenvalue weighted by molar-refractivity contribution is -0.141. The Hall–Kier alpha value is -2.27. The van der Waals surface area contributed by atoms with Gasteiger partial charge in [-0.15, -0.1) is 0 Å². The Morgan fingerprint density at radius 3 is 2.39 bits per heavy atom. The number of hydrogen-bond acceptors (Lipinski definition) is 5. The highest BCUT2D eigenvalue weighted by atomic mass is 16.5. The van der Waals surface area contributed by atoms with E-state index in [1.165, 1.54) is 57.8 Å². The highest BCUT2D eigenvalue weighted by Gasteiger charge is 2.40. The molecular weight excluding hydrogens is 448 g/mol. The third kappa shape index (κ3) is 9.31. The van der Waals surface area contributed by atoms with Crippen LogP contribution >= 0.6 is 0 Å². The van der Waals surface area contributed by atoms with Crippen LogP contribution in [0, 0.1) is 5.92 Å². The second kappa shape index (κ2) is 15.8. The summed E-state index contributed by atoms with van der Waals surface area (Å²) in [5, 5.41) is 0. The fourth-order valence-electron chi connectivity index (χ4n) is 5.29. The summed E-state index contributed by atoms with van der Waals surface area (Å²) in [5.41, 5.74) is -0.939. The number of carbonyl (C=O) groups is 1. The molecule has 2 aromatic rings. The summed E-state index contributed by atoms with van der Waals surface area (Å²) in [6.45, 7) is 4.87. The van der Waals surface area contributed by atoms with Crippen LogP contribution < -0.4 is 4.74 Å². The predicted octanol–water partition coefficient (Wildman–Crippen LogP) is 7.84. The third-order valence-electron chi connectivity index (χ3n) is 7.63. The van der Waals surface area contributed by atoms with Gasteiger partial charge in [0.25, 0.3) is 0 Å². The zero-order valence-electron chi connectivity index (χ0n) is 22.5. The van der Waals surface area contributed by atoms with Crippen molar-refractivity contribution in [1.29, 1.82) is 0 Å². The molecule has 1 fully saturated rings. The third-order valence-corrected chi connectivity index (χ3v) is 7.63. The predicted molar refractivity (Wildman–Crippen MR) is 145 cm³/mol.